The van der Waals surface area contributed by atoms with Gasteiger partial charge in [-0.25, -0.2) is 9.07 Å². The minimum atomic E-state index is -0.324. The number of nitrogens with zero attached hydrogens (tertiary/aromatic N) is 4. The SMILES string of the molecule is Cc1nn(-c2ccc(F)cc2)c(C)c1C(=O)Nc1cccc(OCCn2cccn2)c1. The van der Waals surface area contributed by atoms with Crippen LogP contribution in [0, 0.1) is 19.7 Å². The van der Waals surface area contributed by atoms with Crippen molar-refractivity contribution in [3.8, 4) is 11.4 Å². The summed E-state index contributed by atoms with van der Waals surface area (Å²) in [7, 11) is 0. The summed E-state index contributed by atoms with van der Waals surface area (Å²) in [6, 6.07) is 15.1. The van der Waals surface area contributed by atoms with Gasteiger partial charge in [-0.2, -0.15) is 10.2 Å². The second-order valence-electron chi connectivity index (χ2n) is 7.03. The van der Waals surface area contributed by atoms with Crippen LogP contribution in [-0.2, 0) is 6.54 Å². The Morgan fingerprint density at radius 1 is 1.13 bits per heavy atom. The summed E-state index contributed by atoms with van der Waals surface area (Å²) in [5.74, 6) is 0.0624. The molecule has 2 aromatic carbocycles. The molecule has 0 aliphatic rings. The van der Waals surface area contributed by atoms with Crippen molar-refractivity contribution in [2.24, 2.45) is 0 Å². The molecule has 31 heavy (non-hydrogen) atoms. The number of carbonyl (C=O) groups is 1. The molecular formula is C23H22FN5O2. The minimum absolute atomic E-state index is 0.267. The summed E-state index contributed by atoms with van der Waals surface area (Å²) < 4.78 is 22.4. The molecule has 2 aromatic heterocycles. The lowest BCUT2D eigenvalue weighted by Crippen LogP contribution is -2.14. The van der Waals surface area contributed by atoms with E-state index in [-0.39, 0.29) is 11.7 Å². The van der Waals surface area contributed by atoms with Gasteiger partial charge in [0.1, 0.15) is 18.2 Å². The quantitative estimate of drug-likeness (QED) is 0.488. The van der Waals surface area contributed by atoms with Gasteiger partial charge in [-0.15, -0.1) is 0 Å². The summed E-state index contributed by atoms with van der Waals surface area (Å²) in [5.41, 5.74) is 3.05. The largest absolute Gasteiger partial charge is 0.492 e. The van der Waals surface area contributed by atoms with Crippen molar-refractivity contribution in [2.75, 3.05) is 11.9 Å². The van der Waals surface area contributed by atoms with Crippen molar-refractivity contribution < 1.29 is 13.9 Å². The Hall–Kier alpha value is -3.94. The molecule has 2 heterocycles. The topological polar surface area (TPSA) is 74.0 Å². The molecule has 0 spiro atoms. The molecule has 0 aliphatic heterocycles. The maximum absolute atomic E-state index is 13.2. The highest BCUT2D eigenvalue weighted by molar-refractivity contribution is 6.06. The lowest BCUT2D eigenvalue weighted by Gasteiger charge is -2.10. The third-order valence-corrected chi connectivity index (χ3v) is 4.83. The highest BCUT2D eigenvalue weighted by atomic mass is 19.1. The van der Waals surface area contributed by atoms with Crippen LogP contribution in [0.3, 0.4) is 0 Å². The molecule has 0 saturated heterocycles. The summed E-state index contributed by atoms with van der Waals surface area (Å²) in [4.78, 5) is 13.0. The van der Waals surface area contributed by atoms with E-state index in [9.17, 15) is 9.18 Å². The summed E-state index contributed by atoms with van der Waals surface area (Å²) in [6.45, 7) is 4.68. The molecule has 0 saturated carbocycles. The van der Waals surface area contributed by atoms with Crippen LogP contribution in [-0.4, -0.2) is 32.1 Å². The van der Waals surface area contributed by atoms with Gasteiger partial charge in [0.05, 0.1) is 29.2 Å². The molecule has 0 unspecified atom stereocenters. The minimum Gasteiger partial charge on any atom is -0.492 e. The van der Waals surface area contributed by atoms with Gasteiger partial charge in [0.2, 0.25) is 0 Å². The van der Waals surface area contributed by atoms with E-state index in [0.29, 0.717) is 47.2 Å². The monoisotopic (exact) mass is 419 g/mol. The van der Waals surface area contributed by atoms with Crippen LogP contribution in [0.4, 0.5) is 10.1 Å². The van der Waals surface area contributed by atoms with E-state index in [1.54, 1.807) is 46.7 Å². The Labute approximate surface area is 179 Å². The molecule has 0 radical (unpaired) electrons. The zero-order valence-electron chi connectivity index (χ0n) is 17.2. The molecule has 8 heteroatoms. The average molecular weight is 419 g/mol. The standard InChI is InChI=1S/C23H22FN5O2/c1-16-22(17(2)29(27-16)20-9-7-18(24)8-10-20)23(30)26-19-5-3-6-21(15-19)31-14-13-28-12-4-11-25-28/h3-12,15H,13-14H2,1-2H3,(H,26,30). The Kier molecular flexibility index (Phi) is 5.79. The zero-order chi connectivity index (χ0) is 21.8. The fourth-order valence-corrected chi connectivity index (χ4v) is 3.35. The number of hydrogen-bond acceptors (Lipinski definition) is 4. The third-order valence-electron chi connectivity index (χ3n) is 4.83. The van der Waals surface area contributed by atoms with Crippen LogP contribution in [0.25, 0.3) is 5.69 Å². The average Bonchev–Trinajstić information content (AvgIpc) is 3.36. The number of benzene rings is 2. The van der Waals surface area contributed by atoms with E-state index in [2.05, 4.69) is 15.5 Å². The number of anilines is 1. The summed E-state index contributed by atoms with van der Waals surface area (Å²) in [5, 5.41) is 11.5. The number of rotatable bonds is 7. The first-order valence-corrected chi connectivity index (χ1v) is 9.85. The Morgan fingerprint density at radius 2 is 1.94 bits per heavy atom. The predicted molar refractivity (Wildman–Crippen MR) is 115 cm³/mol. The highest BCUT2D eigenvalue weighted by Crippen LogP contribution is 2.22. The maximum atomic E-state index is 13.2. The van der Waals surface area contributed by atoms with Gasteiger partial charge in [0, 0.05) is 24.1 Å². The number of aromatic nitrogens is 4. The van der Waals surface area contributed by atoms with Crippen LogP contribution in [0.15, 0.2) is 67.0 Å². The number of carbonyl (C=O) groups excluding carboxylic acids is 1. The van der Waals surface area contributed by atoms with Crippen LogP contribution >= 0.6 is 0 Å². The van der Waals surface area contributed by atoms with Crippen molar-refractivity contribution in [1.29, 1.82) is 0 Å². The summed E-state index contributed by atoms with van der Waals surface area (Å²) in [6.07, 6.45) is 3.59. The number of aryl methyl sites for hydroxylation is 1. The molecule has 4 rings (SSSR count). The molecule has 1 amide bonds. The lowest BCUT2D eigenvalue weighted by atomic mass is 10.1. The lowest BCUT2D eigenvalue weighted by molar-refractivity contribution is 0.102. The molecule has 0 bridgehead atoms. The Morgan fingerprint density at radius 3 is 2.68 bits per heavy atom. The smallest absolute Gasteiger partial charge is 0.259 e. The Balaban J connectivity index is 1.46. The molecule has 158 valence electrons. The molecular weight excluding hydrogens is 397 g/mol. The van der Waals surface area contributed by atoms with Gasteiger partial charge >= 0.3 is 0 Å². The number of nitrogens with one attached hydrogen (secondary N) is 1. The second-order valence-corrected chi connectivity index (χ2v) is 7.03. The third kappa shape index (κ3) is 4.63. The van der Waals surface area contributed by atoms with Crippen LogP contribution in [0.2, 0.25) is 0 Å². The normalized spacial score (nSPS) is 10.8. The number of halogens is 1. The zero-order valence-corrected chi connectivity index (χ0v) is 17.2. The number of hydrogen-bond donors (Lipinski definition) is 1. The fourth-order valence-electron chi connectivity index (χ4n) is 3.35. The van der Waals surface area contributed by atoms with Crippen LogP contribution in [0.5, 0.6) is 5.75 Å². The van der Waals surface area contributed by atoms with E-state index >= 15 is 0 Å². The van der Waals surface area contributed by atoms with Gasteiger partial charge in [-0.1, -0.05) is 6.07 Å². The molecule has 0 aliphatic carbocycles. The fraction of sp³-hybridized carbons (Fsp3) is 0.174. The first-order valence-electron chi connectivity index (χ1n) is 9.85. The van der Waals surface area contributed by atoms with E-state index < -0.39 is 0 Å². The van der Waals surface area contributed by atoms with Gasteiger partial charge in [0.15, 0.2) is 0 Å². The highest BCUT2D eigenvalue weighted by Gasteiger charge is 2.19. The first-order chi connectivity index (χ1) is 15.0. The molecule has 1 N–H and O–H groups in total. The van der Waals surface area contributed by atoms with E-state index in [1.807, 2.05) is 31.3 Å². The Bertz CT molecular complexity index is 1180. The molecule has 0 fully saturated rings. The van der Waals surface area contributed by atoms with Crippen molar-refractivity contribution in [3.63, 3.8) is 0 Å². The summed E-state index contributed by atoms with van der Waals surface area (Å²) >= 11 is 0. The van der Waals surface area contributed by atoms with E-state index in [4.69, 9.17) is 4.74 Å². The van der Waals surface area contributed by atoms with Gasteiger partial charge in [-0.3, -0.25) is 9.48 Å². The van der Waals surface area contributed by atoms with Crippen molar-refractivity contribution >= 4 is 11.6 Å². The van der Waals surface area contributed by atoms with Crippen LogP contribution < -0.4 is 10.1 Å². The second kappa shape index (κ2) is 8.83. The maximum Gasteiger partial charge on any atom is 0.259 e. The van der Waals surface area contributed by atoms with Crippen molar-refractivity contribution in [3.05, 3.63) is 89.8 Å². The van der Waals surface area contributed by atoms with E-state index in [1.165, 1.54) is 12.1 Å². The molecule has 4 aromatic rings. The van der Waals surface area contributed by atoms with Gasteiger partial charge in [-0.05, 0) is 56.3 Å². The van der Waals surface area contributed by atoms with Gasteiger partial charge < -0.3 is 10.1 Å². The van der Waals surface area contributed by atoms with Crippen molar-refractivity contribution in [1.82, 2.24) is 19.6 Å². The van der Waals surface area contributed by atoms with Gasteiger partial charge in [0.25, 0.3) is 5.91 Å². The number of amides is 1. The van der Waals surface area contributed by atoms with E-state index in [0.717, 1.165) is 0 Å². The first kappa shape index (κ1) is 20.3. The number of ether oxygens (including phenoxy) is 1. The van der Waals surface area contributed by atoms with Crippen molar-refractivity contribution in [2.45, 2.75) is 20.4 Å². The molecule has 7 nitrogen and oxygen atoms in total. The molecule has 0 atom stereocenters. The predicted octanol–water partition coefficient (Wildman–Crippen LogP) is 4.16. The van der Waals surface area contributed by atoms with Crippen LogP contribution in [0.1, 0.15) is 21.7 Å².